The van der Waals surface area contributed by atoms with Gasteiger partial charge < -0.3 is 9.80 Å². The molecule has 2 aliphatic rings. The Morgan fingerprint density at radius 3 is 2.14 bits per heavy atom. The number of piperidine rings is 2. The summed E-state index contributed by atoms with van der Waals surface area (Å²) in [6.07, 6.45) is 3.66. The normalized spacial score (nSPS) is 20.4. The molecule has 162 valence electrons. The molecule has 6 nitrogen and oxygen atoms in total. The average Bonchev–Trinajstić information content (AvgIpc) is 2.69. The van der Waals surface area contributed by atoms with Crippen LogP contribution in [0.2, 0.25) is 0 Å². The van der Waals surface area contributed by atoms with Crippen LogP contribution in [0.1, 0.15) is 54.1 Å². The fourth-order valence-corrected chi connectivity index (χ4v) is 6.14. The third kappa shape index (κ3) is 4.67. The molecule has 0 radical (unpaired) electrons. The van der Waals surface area contributed by atoms with Gasteiger partial charge in [0.1, 0.15) is 0 Å². The van der Waals surface area contributed by atoms with Gasteiger partial charge in [-0.05, 0) is 82.8 Å². The van der Waals surface area contributed by atoms with Crippen LogP contribution < -0.4 is 0 Å². The van der Waals surface area contributed by atoms with Crippen molar-refractivity contribution in [3.63, 3.8) is 0 Å². The summed E-state index contributed by atoms with van der Waals surface area (Å²) >= 11 is 0. The van der Waals surface area contributed by atoms with Crippen molar-refractivity contribution in [2.24, 2.45) is 5.92 Å². The number of carbonyl (C=O) groups is 1. The van der Waals surface area contributed by atoms with E-state index in [4.69, 9.17) is 0 Å². The number of carbonyl (C=O) groups excluding carboxylic acids is 1. The highest BCUT2D eigenvalue weighted by atomic mass is 32.2. The number of amides is 1. The Bertz CT molecular complexity index is 850. The predicted octanol–water partition coefficient (Wildman–Crippen LogP) is 2.89. The summed E-state index contributed by atoms with van der Waals surface area (Å²) in [5, 5.41) is 0. The molecule has 0 bridgehead atoms. The summed E-state index contributed by atoms with van der Waals surface area (Å²) in [7, 11) is 0.557. The van der Waals surface area contributed by atoms with Gasteiger partial charge >= 0.3 is 0 Å². The van der Waals surface area contributed by atoms with Crippen LogP contribution in [0.25, 0.3) is 0 Å². The average molecular weight is 422 g/mol. The quantitative estimate of drug-likeness (QED) is 0.750. The second-order valence-electron chi connectivity index (χ2n) is 8.99. The Kier molecular flexibility index (Phi) is 6.70. The van der Waals surface area contributed by atoms with Gasteiger partial charge in [0.25, 0.3) is 5.91 Å². The molecule has 0 saturated carbocycles. The zero-order chi connectivity index (χ0) is 21.3. The number of rotatable bonds is 4. The van der Waals surface area contributed by atoms with Gasteiger partial charge in [0.05, 0.1) is 4.90 Å². The number of benzene rings is 1. The zero-order valence-corrected chi connectivity index (χ0v) is 19.3. The highest BCUT2D eigenvalue weighted by Crippen LogP contribution is 2.29. The second-order valence-corrected chi connectivity index (χ2v) is 10.9. The van der Waals surface area contributed by atoms with Crippen LogP contribution >= 0.6 is 0 Å². The van der Waals surface area contributed by atoms with Crippen LogP contribution in [0, 0.1) is 19.8 Å². The van der Waals surface area contributed by atoms with Crippen molar-refractivity contribution in [2.45, 2.75) is 57.4 Å². The Labute approximate surface area is 175 Å². The zero-order valence-electron chi connectivity index (χ0n) is 18.4. The summed E-state index contributed by atoms with van der Waals surface area (Å²) in [6, 6.07) is 3.94. The minimum Gasteiger partial charge on any atom is -0.339 e. The topological polar surface area (TPSA) is 60.9 Å². The van der Waals surface area contributed by atoms with E-state index >= 15 is 0 Å². The van der Waals surface area contributed by atoms with Crippen LogP contribution in [-0.2, 0) is 10.0 Å². The summed E-state index contributed by atoms with van der Waals surface area (Å²) in [6.45, 7) is 8.42. The highest BCUT2D eigenvalue weighted by Gasteiger charge is 2.31. The molecule has 1 amide bonds. The molecule has 7 heteroatoms. The summed E-state index contributed by atoms with van der Waals surface area (Å²) in [5.41, 5.74) is 2.08. The van der Waals surface area contributed by atoms with Crippen LogP contribution in [0.4, 0.5) is 0 Å². The summed E-state index contributed by atoms with van der Waals surface area (Å²) in [5.74, 6) is 0.497. The minimum absolute atomic E-state index is 0.0611. The molecule has 0 N–H and O–H groups in total. The van der Waals surface area contributed by atoms with Crippen LogP contribution in [0.3, 0.4) is 0 Å². The molecule has 0 aliphatic carbocycles. The maximum absolute atomic E-state index is 13.3. The van der Waals surface area contributed by atoms with Crippen molar-refractivity contribution in [2.75, 3.05) is 40.3 Å². The number of hydrogen-bond acceptors (Lipinski definition) is 4. The highest BCUT2D eigenvalue weighted by molar-refractivity contribution is 7.89. The number of likely N-dealkylation sites (tertiary alicyclic amines) is 1. The third-order valence-corrected chi connectivity index (χ3v) is 8.73. The lowest BCUT2D eigenvalue weighted by atomic mass is 10.0. The van der Waals surface area contributed by atoms with Crippen molar-refractivity contribution in [3.05, 3.63) is 28.8 Å². The first-order valence-corrected chi connectivity index (χ1v) is 12.1. The van der Waals surface area contributed by atoms with Crippen molar-refractivity contribution in [1.29, 1.82) is 0 Å². The Balaban J connectivity index is 1.85. The molecule has 2 saturated heterocycles. The number of aryl methyl sites for hydroxylation is 1. The van der Waals surface area contributed by atoms with Crippen molar-refractivity contribution >= 4 is 15.9 Å². The Hall–Kier alpha value is -1.44. The number of sulfonamides is 1. The van der Waals surface area contributed by atoms with E-state index in [9.17, 15) is 13.2 Å². The maximum Gasteiger partial charge on any atom is 0.253 e. The van der Waals surface area contributed by atoms with Gasteiger partial charge in [0, 0.05) is 37.8 Å². The lowest BCUT2D eigenvalue weighted by Gasteiger charge is -2.35. The molecule has 0 unspecified atom stereocenters. The van der Waals surface area contributed by atoms with E-state index in [1.807, 2.05) is 24.8 Å². The Morgan fingerprint density at radius 1 is 1.00 bits per heavy atom. The first-order valence-electron chi connectivity index (χ1n) is 10.7. The molecule has 1 aromatic carbocycles. The van der Waals surface area contributed by atoms with Crippen molar-refractivity contribution < 1.29 is 13.2 Å². The smallest absolute Gasteiger partial charge is 0.253 e. The van der Waals surface area contributed by atoms with Crippen molar-refractivity contribution in [1.82, 2.24) is 14.1 Å². The van der Waals surface area contributed by atoms with Gasteiger partial charge in [-0.25, -0.2) is 8.42 Å². The van der Waals surface area contributed by atoms with Crippen LogP contribution in [0.15, 0.2) is 17.0 Å². The number of hydrogen-bond donors (Lipinski definition) is 0. The van der Waals surface area contributed by atoms with Crippen molar-refractivity contribution in [3.8, 4) is 0 Å². The molecule has 1 aromatic rings. The largest absolute Gasteiger partial charge is 0.339 e. The summed E-state index contributed by atoms with van der Waals surface area (Å²) in [4.78, 5) is 17.5. The monoisotopic (exact) mass is 421 g/mol. The van der Waals surface area contributed by atoms with E-state index < -0.39 is 10.0 Å². The van der Waals surface area contributed by atoms with E-state index in [0.717, 1.165) is 36.8 Å². The molecule has 0 atom stereocenters. The van der Waals surface area contributed by atoms with Gasteiger partial charge in [-0.2, -0.15) is 4.31 Å². The molecule has 0 spiro atoms. The van der Waals surface area contributed by atoms with E-state index in [2.05, 4.69) is 25.9 Å². The third-order valence-electron chi connectivity index (χ3n) is 6.71. The lowest BCUT2D eigenvalue weighted by molar-refractivity contribution is 0.0663. The lowest BCUT2D eigenvalue weighted by Crippen LogP contribution is -2.44. The SMILES string of the molecule is Cc1cc(C(=O)N2CCC(N(C)C)CC2)cc(S(=O)(=O)N2CCC(C)CC2)c1C. The molecule has 2 fully saturated rings. The second kappa shape index (κ2) is 8.74. The summed E-state index contributed by atoms with van der Waals surface area (Å²) < 4.78 is 28.3. The van der Waals surface area contributed by atoms with E-state index in [1.54, 1.807) is 10.4 Å². The molecule has 29 heavy (non-hydrogen) atoms. The van der Waals surface area contributed by atoms with Crippen LogP contribution in [0.5, 0.6) is 0 Å². The number of nitrogens with zero attached hydrogens (tertiary/aromatic N) is 3. The van der Waals surface area contributed by atoms with Gasteiger partial charge in [-0.15, -0.1) is 0 Å². The molecular weight excluding hydrogens is 386 g/mol. The standard InChI is InChI=1S/C22H35N3O3S/c1-16-6-12-25(13-7-16)29(27,28)21-15-19(14-17(2)18(21)3)22(26)24-10-8-20(9-11-24)23(4)5/h14-16,20H,6-13H2,1-5H3. The van der Waals surface area contributed by atoms with E-state index in [-0.39, 0.29) is 5.91 Å². The first-order chi connectivity index (χ1) is 13.6. The molecule has 0 aromatic heterocycles. The van der Waals surface area contributed by atoms with Gasteiger partial charge in [-0.1, -0.05) is 6.92 Å². The van der Waals surface area contributed by atoms with E-state index in [0.29, 0.717) is 48.6 Å². The van der Waals surface area contributed by atoms with Gasteiger partial charge in [-0.3, -0.25) is 4.79 Å². The fourth-order valence-electron chi connectivity index (χ4n) is 4.35. The van der Waals surface area contributed by atoms with Gasteiger partial charge in [0.15, 0.2) is 0 Å². The fraction of sp³-hybridized carbons (Fsp3) is 0.682. The molecule has 2 heterocycles. The molecule has 3 rings (SSSR count). The van der Waals surface area contributed by atoms with Crippen LogP contribution in [-0.4, -0.2) is 74.7 Å². The van der Waals surface area contributed by atoms with Gasteiger partial charge in [0.2, 0.25) is 10.0 Å². The molecule has 2 aliphatic heterocycles. The van der Waals surface area contributed by atoms with E-state index in [1.165, 1.54) is 0 Å². The maximum atomic E-state index is 13.3. The first kappa shape index (κ1) is 22.2. The minimum atomic E-state index is -3.59. The Morgan fingerprint density at radius 2 is 1.59 bits per heavy atom. The molecular formula is C22H35N3O3S. The predicted molar refractivity (Wildman–Crippen MR) is 116 cm³/mol.